The SMILES string of the molecule is CCNC(=NCC(c1ccsc1)N(CC)CC)NCCCn1cccn1.I. The van der Waals surface area contributed by atoms with Crippen molar-refractivity contribution in [2.24, 2.45) is 4.99 Å². The van der Waals surface area contributed by atoms with Gasteiger partial charge in [-0.05, 0) is 54.9 Å². The molecule has 2 heterocycles. The average Bonchev–Trinajstić information content (AvgIpc) is 3.36. The summed E-state index contributed by atoms with van der Waals surface area (Å²) in [7, 11) is 0. The van der Waals surface area contributed by atoms with Crippen LogP contribution in [0.5, 0.6) is 0 Å². The Morgan fingerprint density at radius 2 is 2.11 bits per heavy atom. The molecule has 2 rings (SSSR count). The van der Waals surface area contributed by atoms with Gasteiger partial charge in [-0.3, -0.25) is 14.6 Å². The zero-order chi connectivity index (χ0) is 18.6. The van der Waals surface area contributed by atoms with Crippen LogP contribution in [0.2, 0.25) is 0 Å². The Labute approximate surface area is 184 Å². The molecule has 0 spiro atoms. The van der Waals surface area contributed by atoms with Gasteiger partial charge in [0.25, 0.3) is 0 Å². The van der Waals surface area contributed by atoms with Crippen molar-refractivity contribution in [1.29, 1.82) is 0 Å². The Bertz CT molecular complexity index is 610. The van der Waals surface area contributed by atoms with Gasteiger partial charge in [-0.2, -0.15) is 16.4 Å². The maximum atomic E-state index is 4.86. The van der Waals surface area contributed by atoms with Crippen molar-refractivity contribution in [3.8, 4) is 0 Å². The maximum Gasteiger partial charge on any atom is 0.191 e. The standard InChI is InChI=1S/C19H32N6S.HI/c1-4-20-19(21-10-7-12-25-13-8-11-23-25)22-15-18(24(5-2)6-3)17-9-14-26-16-17;/h8-9,11,13-14,16,18H,4-7,10,12,15H2,1-3H3,(H2,20,21,22);1H. The van der Waals surface area contributed by atoms with Gasteiger partial charge in [0.1, 0.15) is 0 Å². The fourth-order valence-electron chi connectivity index (χ4n) is 2.96. The number of aryl methyl sites for hydroxylation is 1. The molecule has 0 saturated heterocycles. The van der Waals surface area contributed by atoms with E-state index in [4.69, 9.17) is 4.99 Å². The van der Waals surface area contributed by atoms with Crippen LogP contribution in [0.15, 0.2) is 40.3 Å². The largest absolute Gasteiger partial charge is 0.357 e. The summed E-state index contributed by atoms with van der Waals surface area (Å²) in [6, 6.07) is 4.50. The van der Waals surface area contributed by atoms with Gasteiger partial charge in [0, 0.05) is 32.0 Å². The summed E-state index contributed by atoms with van der Waals surface area (Å²) >= 11 is 1.75. The molecule has 2 N–H and O–H groups in total. The molecule has 8 heteroatoms. The first-order valence-corrected chi connectivity index (χ1v) is 10.5. The Hall–Kier alpha value is -1.13. The van der Waals surface area contributed by atoms with Crippen LogP contribution in [0.1, 0.15) is 38.8 Å². The van der Waals surface area contributed by atoms with E-state index in [2.05, 4.69) is 58.2 Å². The zero-order valence-electron chi connectivity index (χ0n) is 16.6. The average molecular weight is 504 g/mol. The second kappa shape index (κ2) is 14.0. The predicted molar refractivity (Wildman–Crippen MR) is 126 cm³/mol. The second-order valence-corrected chi connectivity index (χ2v) is 6.84. The third-order valence-electron chi connectivity index (χ3n) is 4.36. The highest BCUT2D eigenvalue weighted by Crippen LogP contribution is 2.23. The van der Waals surface area contributed by atoms with Gasteiger partial charge >= 0.3 is 0 Å². The zero-order valence-corrected chi connectivity index (χ0v) is 19.7. The summed E-state index contributed by atoms with van der Waals surface area (Å²) in [5, 5.41) is 15.4. The van der Waals surface area contributed by atoms with Crippen LogP contribution in [-0.4, -0.2) is 53.4 Å². The van der Waals surface area contributed by atoms with E-state index in [1.54, 1.807) is 11.3 Å². The Balaban J connectivity index is 0.00000364. The van der Waals surface area contributed by atoms with Crippen LogP contribution < -0.4 is 10.6 Å². The molecule has 2 aromatic heterocycles. The summed E-state index contributed by atoms with van der Waals surface area (Å²) in [5.74, 6) is 0.889. The van der Waals surface area contributed by atoms with Crippen LogP contribution in [0.25, 0.3) is 0 Å². The molecule has 1 unspecified atom stereocenters. The van der Waals surface area contributed by atoms with Gasteiger partial charge in [-0.25, -0.2) is 0 Å². The number of thiophene rings is 1. The third kappa shape index (κ3) is 8.18. The van der Waals surface area contributed by atoms with Gasteiger partial charge < -0.3 is 10.6 Å². The van der Waals surface area contributed by atoms with E-state index in [1.807, 2.05) is 23.1 Å². The molecule has 0 aliphatic carbocycles. The van der Waals surface area contributed by atoms with E-state index in [0.717, 1.165) is 51.6 Å². The minimum Gasteiger partial charge on any atom is -0.357 e. The van der Waals surface area contributed by atoms with Crippen molar-refractivity contribution in [2.45, 2.75) is 39.8 Å². The molecule has 0 amide bonds. The molecule has 0 aliphatic rings. The van der Waals surface area contributed by atoms with Crippen LogP contribution in [0, 0.1) is 0 Å². The normalized spacial score (nSPS) is 12.7. The first-order chi connectivity index (χ1) is 12.8. The molecule has 1 atom stereocenters. The van der Waals surface area contributed by atoms with Crippen molar-refractivity contribution < 1.29 is 0 Å². The number of nitrogens with zero attached hydrogens (tertiary/aromatic N) is 4. The van der Waals surface area contributed by atoms with Crippen molar-refractivity contribution in [3.05, 3.63) is 40.8 Å². The van der Waals surface area contributed by atoms with E-state index in [0.29, 0.717) is 6.04 Å². The monoisotopic (exact) mass is 504 g/mol. The number of likely N-dealkylation sites (N-methyl/N-ethyl adjacent to an activating group) is 1. The lowest BCUT2D eigenvalue weighted by Gasteiger charge is -2.28. The van der Waals surface area contributed by atoms with Crippen LogP contribution in [-0.2, 0) is 6.54 Å². The molecule has 0 aromatic carbocycles. The van der Waals surface area contributed by atoms with Crippen molar-refractivity contribution in [1.82, 2.24) is 25.3 Å². The molecule has 0 bridgehead atoms. The fraction of sp³-hybridized carbons (Fsp3) is 0.579. The number of guanidine groups is 1. The van der Waals surface area contributed by atoms with Crippen LogP contribution in [0.3, 0.4) is 0 Å². The summed E-state index contributed by atoms with van der Waals surface area (Å²) in [5.41, 5.74) is 1.36. The lowest BCUT2D eigenvalue weighted by Crippen LogP contribution is -2.39. The summed E-state index contributed by atoms with van der Waals surface area (Å²) in [6.07, 6.45) is 4.82. The molecule has 0 aliphatic heterocycles. The van der Waals surface area contributed by atoms with E-state index >= 15 is 0 Å². The highest BCUT2D eigenvalue weighted by Gasteiger charge is 2.18. The second-order valence-electron chi connectivity index (χ2n) is 6.06. The highest BCUT2D eigenvalue weighted by atomic mass is 127. The highest BCUT2D eigenvalue weighted by molar-refractivity contribution is 14.0. The molecule has 0 saturated carbocycles. The lowest BCUT2D eigenvalue weighted by molar-refractivity contribution is 0.224. The van der Waals surface area contributed by atoms with E-state index in [1.165, 1.54) is 5.56 Å². The molecule has 0 fully saturated rings. The smallest absolute Gasteiger partial charge is 0.191 e. The van der Waals surface area contributed by atoms with Gasteiger partial charge in [0.05, 0.1) is 12.6 Å². The summed E-state index contributed by atoms with van der Waals surface area (Å²) in [6.45, 7) is 12.0. The number of hydrogen-bond acceptors (Lipinski definition) is 4. The van der Waals surface area contributed by atoms with Crippen molar-refractivity contribution >= 4 is 41.3 Å². The predicted octanol–water partition coefficient (Wildman–Crippen LogP) is 3.59. The number of rotatable bonds is 11. The number of nitrogens with one attached hydrogen (secondary N) is 2. The minimum atomic E-state index is 0. The molecule has 27 heavy (non-hydrogen) atoms. The Morgan fingerprint density at radius 3 is 2.70 bits per heavy atom. The Morgan fingerprint density at radius 1 is 1.30 bits per heavy atom. The first kappa shape index (κ1) is 23.9. The number of halogens is 1. The van der Waals surface area contributed by atoms with E-state index in [-0.39, 0.29) is 24.0 Å². The maximum absolute atomic E-state index is 4.86. The fourth-order valence-corrected chi connectivity index (χ4v) is 3.67. The number of aliphatic imine (C=N–C) groups is 1. The molecule has 0 radical (unpaired) electrons. The summed E-state index contributed by atoms with van der Waals surface area (Å²) < 4.78 is 1.96. The minimum absolute atomic E-state index is 0. The molecular formula is C19H33IN6S. The molecule has 152 valence electrons. The van der Waals surface area contributed by atoms with Crippen LogP contribution >= 0.6 is 35.3 Å². The lowest BCUT2D eigenvalue weighted by atomic mass is 10.1. The topological polar surface area (TPSA) is 57.5 Å². The number of hydrogen-bond donors (Lipinski definition) is 2. The van der Waals surface area contributed by atoms with Crippen molar-refractivity contribution in [3.63, 3.8) is 0 Å². The van der Waals surface area contributed by atoms with E-state index in [9.17, 15) is 0 Å². The Kier molecular flexibility index (Phi) is 12.4. The number of aromatic nitrogens is 2. The van der Waals surface area contributed by atoms with Gasteiger partial charge in [0.2, 0.25) is 0 Å². The van der Waals surface area contributed by atoms with E-state index < -0.39 is 0 Å². The van der Waals surface area contributed by atoms with Crippen LogP contribution in [0.4, 0.5) is 0 Å². The molecular weight excluding hydrogens is 471 g/mol. The van der Waals surface area contributed by atoms with Crippen molar-refractivity contribution in [2.75, 3.05) is 32.7 Å². The van der Waals surface area contributed by atoms with Gasteiger partial charge in [0.15, 0.2) is 5.96 Å². The quantitative estimate of drug-likeness (QED) is 0.213. The molecule has 2 aromatic rings. The third-order valence-corrected chi connectivity index (χ3v) is 5.06. The first-order valence-electron chi connectivity index (χ1n) is 9.54. The van der Waals surface area contributed by atoms with Gasteiger partial charge in [-0.15, -0.1) is 24.0 Å². The van der Waals surface area contributed by atoms with Gasteiger partial charge in [-0.1, -0.05) is 13.8 Å². The summed E-state index contributed by atoms with van der Waals surface area (Å²) in [4.78, 5) is 7.32. The molecule has 6 nitrogen and oxygen atoms in total.